The number of hydrogen-bond acceptors (Lipinski definition) is 3. The summed E-state index contributed by atoms with van der Waals surface area (Å²) in [5.41, 5.74) is 0.933. The van der Waals surface area contributed by atoms with Crippen molar-refractivity contribution in [2.24, 2.45) is 4.99 Å². The molecule has 0 unspecified atom stereocenters. The number of aliphatic imine (C=N–C) groups is 1. The highest BCUT2D eigenvalue weighted by atomic mass is 35.5. The SMILES string of the molecule is CCNC(=NCCC(=O)N(CC)CC)N1CCN(C(=O)Cc2cccc(Cl)c2)CC1. The summed E-state index contributed by atoms with van der Waals surface area (Å²) in [6.07, 6.45) is 0.775. The summed E-state index contributed by atoms with van der Waals surface area (Å²) in [7, 11) is 0. The molecule has 0 radical (unpaired) electrons. The first-order valence-electron chi connectivity index (χ1n) is 10.8. The molecule has 0 bridgehead atoms. The molecule has 1 fully saturated rings. The highest BCUT2D eigenvalue weighted by Gasteiger charge is 2.23. The lowest BCUT2D eigenvalue weighted by Gasteiger charge is -2.36. The number of carbonyl (C=O) groups excluding carboxylic acids is 2. The molecule has 0 aliphatic carbocycles. The Bertz CT molecular complexity index is 728. The summed E-state index contributed by atoms with van der Waals surface area (Å²) in [5, 5.41) is 3.96. The van der Waals surface area contributed by atoms with Gasteiger partial charge in [0.1, 0.15) is 0 Å². The minimum absolute atomic E-state index is 0.115. The third-order valence-corrected chi connectivity index (χ3v) is 5.45. The lowest BCUT2D eigenvalue weighted by Crippen LogP contribution is -2.54. The molecule has 1 aliphatic heterocycles. The lowest BCUT2D eigenvalue weighted by molar-refractivity contribution is -0.132. The van der Waals surface area contributed by atoms with E-state index in [0.29, 0.717) is 37.5 Å². The van der Waals surface area contributed by atoms with Crippen molar-refractivity contribution < 1.29 is 9.59 Å². The molecule has 166 valence electrons. The fourth-order valence-corrected chi connectivity index (χ4v) is 3.73. The highest BCUT2D eigenvalue weighted by Crippen LogP contribution is 2.13. The van der Waals surface area contributed by atoms with Crippen LogP contribution in [-0.2, 0) is 16.0 Å². The first-order valence-corrected chi connectivity index (χ1v) is 11.2. The van der Waals surface area contributed by atoms with E-state index in [9.17, 15) is 9.59 Å². The number of nitrogens with one attached hydrogen (secondary N) is 1. The maximum Gasteiger partial charge on any atom is 0.227 e. The predicted molar refractivity (Wildman–Crippen MR) is 122 cm³/mol. The lowest BCUT2D eigenvalue weighted by atomic mass is 10.1. The molecule has 2 amide bonds. The molecule has 0 aromatic heterocycles. The van der Waals surface area contributed by atoms with Crippen LogP contribution in [0.15, 0.2) is 29.3 Å². The van der Waals surface area contributed by atoms with Crippen LogP contribution < -0.4 is 5.32 Å². The zero-order chi connectivity index (χ0) is 21.9. The minimum atomic E-state index is 0.115. The summed E-state index contributed by atoms with van der Waals surface area (Å²) in [6.45, 7) is 11.4. The van der Waals surface area contributed by atoms with Gasteiger partial charge in [-0.3, -0.25) is 14.6 Å². The van der Waals surface area contributed by atoms with Gasteiger partial charge >= 0.3 is 0 Å². The van der Waals surface area contributed by atoms with Gasteiger partial charge in [-0.15, -0.1) is 0 Å². The molecule has 1 aromatic carbocycles. The van der Waals surface area contributed by atoms with Crippen LogP contribution in [0.5, 0.6) is 0 Å². The fraction of sp³-hybridized carbons (Fsp3) is 0.591. The van der Waals surface area contributed by atoms with E-state index in [2.05, 4.69) is 15.2 Å². The van der Waals surface area contributed by atoms with E-state index in [4.69, 9.17) is 11.6 Å². The van der Waals surface area contributed by atoms with Crippen molar-refractivity contribution >= 4 is 29.4 Å². The van der Waals surface area contributed by atoms with Crippen LogP contribution in [0.4, 0.5) is 0 Å². The molecule has 1 N–H and O–H groups in total. The number of rotatable bonds is 8. The Morgan fingerprint density at radius 2 is 1.77 bits per heavy atom. The summed E-state index contributed by atoms with van der Waals surface area (Å²) in [4.78, 5) is 35.3. The second-order valence-corrected chi connectivity index (χ2v) is 7.66. The standard InChI is InChI=1S/C22H34ClN5O2/c1-4-24-22(25-11-10-20(29)26(5-2)6-3)28-14-12-27(13-15-28)21(30)17-18-8-7-9-19(23)16-18/h7-9,16H,4-6,10-15,17H2,1-3H3,(H,24,25). The summed E-state index contributed by atoms with van der Waals surface area (Å²) < 4.78 is 0. The Balaban J connectivity index is 1.86. The Kier molecular flexibility index (Phi) is 9.94. The minimum Gasteiger partial charge on any atom is -0.357 e. The van der Waals surface area contributed by atoms with Crippen LogP contribution >= 0.6 is 11.6 Å². The van der Waals surface area contributed by atoms with Crippen molar-refractivity contribution in [1.29, 1.82) is 0 Å². The first kappa shape index (κ1) is 24.0. The molecule has 1 aromatic rings. The molecule has 0 saturated carbocycles. The predicted octanol–water partition coefficient (Wildman–Crippen LogP) is 2.25. The number of benzene rings is 1. The van der Waals surface area contributed by atoms with Gasteiger partial charge in [0.2, 0.25) is 11.8 Å². The average Bonchev–Trinajstić information content (AvgIpc) is 2.74. The van der Waals surface area contributed by atoms with Gasteiger partial charge in [0.05, 0.1) is 13.0 Å². The van der Waals surface area contributed by atoms with E-state index >= 15 is 0 Å². The monoisotopic (exact) mass is 435 g/mol. The van der Waals surface area contributed by atoms with Gasteiger partial charge < -0.3 is 20.0 Å². The number of hydrogen-bond donors (Lipinski definition) is 1. The summed E-state index contributed by atoms with van der Waals surface area (Å²) in [5.74, 6) is 1.06. The van der Waals surface area contributed by atoms with Crippen molar-refractivity contribution in [3.8, 4) is 0 Å². The number of guanidine groups is 1. The Labute approximate surface area is 185 Å². The smallest absolute Gasteiger partial charge is 0.227 e. The zero-order valence-corrected chi connectivity index (χ0v) is 19.1. The normalized spacial score (nSPS) is 14.6. The Morgan fingerprint density at radius 1 is 1.10 bits per heavy atom. The molecule has 1 saturated heterocycles. The van der Waals surface area contributed by atoms with Gasteiger partial charge in [-0.1, -0.05) is 23.7 Å². The molecule has 8 heteroatoms. The quantitative estimate of drug-likeness (QED) is 0.502. The van der Waals surface area contributed by atoms with Gasteiger partial charge in [0, 0.05) is 57.3 Å². The van der Waals surface area contributed by atoms with Crippen LogP contribution in [0.2, 0.25) is 5.02 Å². The zero-order valence-electron chi connectivity index (χ0n) is 18.4. The molecule has 30 heavy (non-hydrogen) atoms. The van der Waals surface area contributed by atoms with Crippen LogP contribution in [0.25, 0.3) is 0 Å². The van der Waals surface area contributed by atoms with Gasteiger partial charge in [-0.25, -0.2) is 0 Å². The molecular weight excluding hydrogens is 402 g/mol. The van der Waals surface area contributed by atoms with Crippen molar-refractivity contribution in [3.63, 3.8) is 0 Å². The first-order chi connectivity index (χ1) is 14.5. The van der Waals surface area contributed by atoms with E-state index in [-0.39, 0.29) is 11.8 Å². The van der Waals surface area contributed by atoms with Crippen molar-refractivity contribution in [2.75, 3.05) is 52.4 Å². The van der Waals surface area contributed by atoms with Gasteiger partial charge in [-0.2, -0.15) is 0 Å². The van der Waals surface area contributed by atoms with Crippen LogP contribution in [0.3, 0.4) is 0 Å². The maximum atomic E-state index is 12.6. The Morgan fingerprint density at radius 3 is 2.37 bits per heavy atom. The van der Waals surface area contributed by atoms with Gasteiger partial charge in [0.25, 0.3) is 0 Å². The molecule has 0 atom stereocenters. The Hall–Kier alpha value is -2.28. The van der Waals surface area contributed by atoms with Crippen LogP contribution in [-0.4, -0.2) is 84.8 Å². The second kappa shape index (κ2) is 12.4. The number of nitrogens with zero attached hydrogens (tertiary/aromatic N) is 4. The largest absolute Gasteiger partial charge is 0.357 e. The van der Waals surface area contributed by atoms with Gasteiger partial charge in [0.15, 0.2) is 5.96 Å². The molecule has 2 rings (SSSR count). The average molecular weight is 436 g/mol. The number of carbonyl (C=O) groups is 2. The molecule has 1 heterocycles. The second-order valence-electron chi connectivity index (χ2n) is 7.23. The van der Waals surface area contributed by atoms with Crippen molar-refractivity contribution in [1.82, 2.24) is 20.0 Å². The third kappa shape index (κ3) is 7.20. The molecule has 1 aliphatic rings. The van der Waals surface area contributed by atoms with Crippen molar-refractivity contribution in [2.45, 2.75) is 33.6 Å². The topological polar surface area (TPSA) is 68.2 Å². The number of halogens is 1. The summed E-state index contributed by atoms with van der Waals surface area (Å²) >= 11 is 6.02. The maximum absolute atomic E-state index is 12.6. The number of piperazine rings is 1. The molecule has 7 nitrogen and oxygen atoms in total. The van der Waals surface area contributed by atoms with E-state index in [0.717, 1.165) is 44.2 Å². The summed E-state index contributed by atoms with van der Waals surface area (Å²) in [6, 6.07) is 7.44. The third-order valence-electron chi connectivity index (χ3n) is 5.21. The van der Waals surface area contributed by atoms with Crippen LogP contribution in [0, 0.1) is 0 Å². The fourth-order valence-electron chi connectivity index (χ4n) is 3.52. The van der Waals surface area contributed by atoms with E-state index in [1.165, 1.54) is 0 Å². The number of amides is 2. The molecule has 0 spiro atoms. The van der Waals surface area contributed by atoms with E-state index < -0.39 is 0 Å². The highest BCUT2D eigenvalue weighted by molar-refractivity contribution is 6.30. The van der Waals surface area contributed by atoms with Crippen LogP contribution in [0.1, 0.15) is 32.8 Å². The van der Waals surface area contributed by atoms with Crippen molar-refractivity contribution in [3.05, 3.63) is 34.9 Å². The van der Waals surface area contributed by atoms with Gasteiger partial charge in [-0.05, 0) is 38.5 Å². The van der Waals surface area contributed by atoms with E-state index in [1.807, 2.05) is 54.8 Å². The molecular formula is C22H34ClN5O2. The van der Waals surface area contributed by atoms with E-state index in [1.54, 1.807) is 0 Å².